The number of para-hydroxylation sites is 1. The Labute approximate surface area is 222 Å². The van der Waals surface area contributed by atoms with Crippen molar-refractivity contribution in [3.8, 4) is 17.1 Å². The van der Waals surface area contributed by atoms with Crippen LogP contribution in [-0.4, -0.2) is 77.4 Å². The summed E-state index contributed by atoms with van der Waals surface area (Å²) in [5.74, 6) is 1.92. The standard InChI is InChI=1S/C29H33N7O2/c1-21-8-9-23(20-30-21)25-19-27(34-29(33-25)36-13-15-37-16-14-36)31-26-18-22-6-2-3-7-24(22)32-28(26)38-17-12-35-10-4-5-11-35/h2-3,6-9,18-20H,4-5,10-17H2,1H3,(H,31,33,34). The highest BCUT2D eigenvalue weighted by atomic mass is 16.5. The number of likely N-dealkylation sites (tertiary alicyclic amines) is 1. The van der Waals surface area contributed by atoms with E-state index < -0.39 is 0 Å². The number of nitrogens with one attached hydrogen (secondary N) is 1. The molecule has 1 N–H and O–H groups in total. The number of ether oxygens (including phenoxy) is 2. The van der Waals surface area contributed by atoms with Gasteiger partial charge in [-0.1, -0.05) is 18.2 Å². The first-order chi connectivity index (χ1) is 18.7. The van der Waals surface area contributed by atoms with Crippen LogP contribution in [0.5, 0.6) is 5.88 Å². The van der Waals surface area contributed by atoms with Gasteiger partial charge >= 0.3 is 0 Å². The molecule has 0 radical (unpaired) electrons. The van der Waals surface area contributed by atoms with Gasteiger partial charge in [0.1, 0.15) is 18.1 Å². The first-order valence-corrected chi connectivity index (χ1v) is 13.4. The van der Waals surface area contributed by atoms with Gasteiger partial charge in [-0.25, -0.2) is 9.97 Å². The number of aryl methyl sites for hydroxylation is 1. The van der Waals surface area contributed by atoms with E-state index in [1.807, 2.05) is 49.5 Å². The van der Waals surface area contributed by atoms with Crippen molar-refractivity contribution in [2.45, 2.75) is 19.8 Å². The predicted octanol–water partition coefficient (Wildman–Crippen LogP) is 4.45. The van der Waals surface area contributed by atoms with Gasteiger partial charge in [0.05, 0.1) is 24.4 Å². The number of rotatable bonds is 8. The van der Waals surface area contributed by atoms with Gasteiger partial charge < -0.3 is 19.7 Å². The highest BCUT2D eigenvalue weighted by Gasteiger charge is 2.18. The van der Waals surface area contributed by atoms with Crippen LogP contribution in [0.1, 0.15) is 18.5 Å². The van der Waals surface area contributed by atoms with E-state index in [2.05, 4.69) is 32.2 Å². The first kappa shape index (κ1) is 24.5. The molecular formula is C29H33N7O2. The Balaban J connectivity index is 1.34. The predicted molar refractivity (Wildman–Crippen MR) is 149 cm³/mol. The summed E-state index contributed by atoms with van der Waals surface area (Å²) in [4.78, 5) is 23.7. The van der Waals surface area contributed by atoms with Crippen molar-refractivity contribution in [1.29, 1.82) is 0 Å². The molecule has 6 rings (SSSR count). The molecule has 4 aromatic rings. The summed E-state index contributed by atoms with van der Waals surface area (Å²) in [6, 6.07) is 16.2. The molecule has 9 heteroatoms. The van der Waals surface area contributed by atoms with E-state index >= 15 is 0 Å². The number of anilines is 3. The zero-order valence-electron chi connectivity index (χ0n) is 21.8. The lowest BCUT2D eigenvalue weighted by atomic mass is 10.2. The number of fused-ring (bicyclic) bond motifs is 1. The van der Waals surface area contributed by atoms with E-state index in [-0.39, 0.29) is 0 Å². The van der Waals surface area contributed by atoms with Crippen LogP contribution in [0.4, 0.5) is 17.5 Å². The van der Waals surface area contributed by atoms with Crippen LogP contribution in [0.3, 0.4) is 0 Å². The molecule has 0 aliphatic carbocycles. The van der Waals surface area contributed by atoms with Crippen LogP contribution in [-0.2, 0) is 4.74 Å². The van der Waals surface area contributed by atoms with Crippen LogP contribution < -0.4 is 15.0 Å². The van der Waals surface area contributed by atoms with Crippen LogP contribution in [0.15, 0.2) is 54.7 Å². The zero-order valence-corrected chi connectivity index (χ0v) is 21.8. The Hall–Kier alpha value is -3.82. The zero-order chi connectivity index (χ0) is 25.7. The van der Waals surface area contributed by atoms with Gasteiger partial charge in [-0.2, -0.15) is 4.98 Å². The minimum Gasteiger partial charge on any atom is -0.475 e. The molecule has 2 aliphatic heterocycles. The molecule has 0 bridgehead atoms. The number of hydrogen-bond donors (Lipinski definition) is 1. The molecule has 2 saturated heterocycles. The summed E-state index contributed by atoms with van der Waals surface area (Å²) in [7, 11) is 0. The first-order valence-electron chi connectivity index (χ1n) is 13.4. The van der Waals surface area contributed by atoms with Gasteiger partial charge in [0.2, 0.25) is 11.8 Å². The summed E-state index contributed by atoms with van der Waals surface area (Å²) in [5.41, 5.74) is 4.39. The second-order valence-corrected chi connectivity index (χ2v) is 9.78. The van der Waals surface area contributed by atoms with Gasteiger partial charge in [0.15, 0.2) is 0 Å². The van der Waals surface area contributed by atoms with Gasteiger partial charge in [-0.15, -0.1) is 0 Å². The average molecular weight is 512 g/mol. The molecule has 3 aromatic heterocycles. The fraction of sp³-hybridized carbons (Fsp3) is 0.379. The van der Waals surface area contributed by atoms with Crippen molar-refractivity contribution >= 4 is 28.4 Å². The molecule has 2 aliphatic rings. The Morgan fingerprint density at radius 2 is 1.79 bits per heavy atom. The SMILES string of the molecule is Cc1ccc(-c2cc(Nc3cc4ccccc4nc3OCCN3CCCC3)nc(N3CCOCC3)n2)cn1. The summed E-state index contributed by atoms with van der Waals surface area (Å²) in [5, 5.41) is 4.55. The van der Waals surface area contributed by atoms with Gasteiger partial charge in [-0.3, -0.25) is 9.88 Å². The van der Waals surface area contributed by atoms with Crippen LogP contribution in [0, 0.1) is 6.92 Å². The lowest BCUT2D eigenvalue weighted by Crippen LogP contribution is -2.37. The smallest absolute Gasteiger partial charge is 0.238 e. The van der Waals surface area contributed by atoms with Crippen LogP contribution in [0.25, 0.3) is 22.2 Å². The number of nitrogens with zero attached hydrogens (tertiary/aromatic N) is 6. The Morgan fingerprint density at radius 1 is 0.947 bits per heavy atom. The second-order valence-electron chi connectivity index (χ2n) is 9.78. The normalized spacial score (nSPS) is 16.2. The Kier molecular flexibility index (Phi) is 7.28. The molecule has 5 heterocycles. The fourth-order valence-corrected chi connectivity index (χ4v) is 4.88. The summed E-state index contributed by atoms with van der Waals surface area (Å²) in [6.07, 6.45) is 4.38. The quantitative estimate of drug-likeness (QED) is 0.369. The lowest BCUT2D eigenvalue weighted by molar-refractivity contribution is 0.122. The maximum absolute atomic E-state index is 6.26. The Morgan fingerprint density at radius 3 is 2.61 bits per heavy atom. The minimum atomic E-state index is 0.577. The molecule has 0 atom stereocenters. The van der Waals surface area contributed by atoms with Crippen molar-refractivity contribution < 1.29 is 9.47 Å². The van der Waals surface area contributed by atoms with Crippen molar-refractivity contribution in [2.75, 3.05) is 62.8 Å². The minimum absolute atomic E-state index is 0.577. The van der Waals surface area contributed by atoms with Crippen molar-refractivity contribution in [1.82, 2.24) is 24.8 Å². The van der Waals surface area contributed by atoms with E-state index in [0.29, 0.717) is 37.5 Å². The molecule has 38 heavy (non-hydrogen) atoms. The lowest BCUT2D eigenvalue weighted by Gasteiger charge is -2.27. The maximum atomic E-state index is 6.26. The average Bonchev–Trinajstić information content (AvgIpc) is 3.48. The van der Waals surface area contributed by atoms with Gasteiger partial charge in [-0.05, 0) is 57.1 Å². The van der Waals surface area contributed by atoms with Gasteiger partial charge in [0.25, 0.3) is 0 Å². The molecule has 0 unspecified atom stereocenters. The third-order valence-electron chi connectivity index (χ3n) is 7.01. The van der Waals surface area contributed by atoms with E-state index in [4.69, 9.17) is 24.4 Å². The number of morpholine rings is 1. The molecule has 0 saturated carbocycles. The number of hydrogen-bond acceptors (Lipinski definition) is 9. The number of benzene rings is 1. The van der Waals surface area contributed by atoms with E-state index in [1.165, 1.54) is 12.8 Å². The van der Waals surface area contributed by atoms with Crippen LogP contribution in [0.2, 0.25) is 0 Å². The summed E-state index contributed by atoms with van der Waals surface area (Å²) < 4.78 is 11.8. The molecule has 2 fully saturated rings. The molecular weight excluding hydrogens is 478 g/mol. The third kappa shape index (κ3) is 5.69. The van der Waals surface area contributed by atoms with E-state index in [1.54, 1.807) is 0 Å². The molecule has 1 aromatic carbocycles. The highest BCUT2D eigenvalue weighted by molar-refractivity contribution is 5.85. The van der Waals surface area contributed by atoms with E-state index in [9.17, 15) is 0 Å². The molecule has 196 valence electrons. The monoisotopic (exact) mass is 511 g/mol. The van der Waals surface area contributed by atoms with Gasteiger partial charge in [0, 0.05) is 48.5 Å². The molecule has 0 amide bonds. The topological polar surface area (TPSA) is 88.5 Å². The van der Waals surface area contributed by atoms with E-state index in [0.717, 1.165) is 66.3 Å². The Bertz CT molecular complexity index is 1380. The second kappa shape index (κ2) is 11.3. The number of pyridine rings is 2. The fourth-order valence-electron chi connectivity index (χ4n) is 4.88. The van der Waals surface area contributed by atoms with Crippen molar-refractivity contribution in [3.05, 3.63) is 60.4 Å². The van der Waals surface area contributed by atoms with Crippen molar-refractivity contribution in [2.24, 2.45) is 0 Å². The summed E-state index contributed by atoms with van der Waals surface area (Å²) >= 11 is 0. The maximum Gasteiger partial charge on any atom is 0.238 e. The largest absolute Gasteiger partial charge is 0.475 e. The molecule has 9 nitrogen and oxygen atoms in total. The van der Waals surface area contributed by atoms with Crippen molar-refractivity contribution in [3.63, 3.8) is 0 Å². The number of aromatic nitrogens is 4. The highest BCUT2D eigenvalue weighted by Crippen LogP contribution is 2.31. The van der Waals surface area contributed by atoms with Crippen LogP contribution >= 0.6 is 0 Å². The summed E-state index contributed by atoms with van der Waals surface area (Å²) in [6.45, 7) is 8.56. The molecule has 0 spiro atoms. The third-order valence-corrected chi connectivity index (χ3v) is 7.01.